The topological polar surface area (TPSA) is 66.9 Å². The summed E-state index contributed by atoms with van der Waals surface area (Å²) in [5.41, 5.74) is 0.705. The van der Waals surface area contributed by atoms with Gasteiger partial charge in [-0.3, -0.25) is 10.1 Å². The predicted molar refractivity (Wildman–Crippen MR) is 47.1 cm³/mol. The SMILES string of the molecule is C[C@H](C#N)c1cccc([N+](=O)[O-])c1. The predicted octanol–water partition coefficient (Wildman–Crippen LogP) is 2.22. The van der Waals surface area contributed by atoms with Crippen LogP contribution in [0.3, 0.4) is 0 Å². The van der Waals surface area contributed by atoms with Crippen molar-refractivity contribution in [2.75, 3.05) is 0 Å². The third kappa shape index (κ3) is 2.03. The van der Waals surface area contributed by atoms with Gasteiger partial charge < -0.3 is 0 Å². The molecule has 0 unspecified atom stereocenters. The van der Waals surface area contributed by atoms with Crippen LogP contribution in [0.5, 0.6) is 0 Å². The Morgan fingerprint density at radius 2 is 2.31 bits per heavy atom. The van der Waals surface area contributed by atoms with Gasteiger partial charge in [-0.1, -0.05) is 12.1 Å². The molecule has 0 N–H and O–H groups in total. The first-order valence-electron chi connectivity index (χ1n) is 3.79. The molecule has 0 aliphatic heterocycles. The van der Waals surface area contributed by atoms with Crippen LogP contribution in [-0.2, 0) is 0 Å². The summed E-state index contributed by atoms with van der Waals surface area (Å²) >= 11 is 0. The Bertz CT molecular complexity index is 368. The number of nitro groups is 1. The van der Waals surface area contributed by atoms with Crippen LogP contribution in [0, 0.1) is 21.4 Å². The van der Waals surface area contributed by atoms with Crippen molar-refractivity contribution in [3.63, 3.8) is 0 Å². The lowest BCUT2D eigenvalue weighted by Crippen LogP contribution is -1.92. The molecule has 0 heterocycles. The Hall–Kier alpha value is -1.89. The lowest BCUT2D eigenvalue weighted by Gasteiger charge is -2.00. The molecule has 66 valence electrons. The Balaban J connectivity index is 3.07. The number of nitro benzene ring substituents is 1. The van der Waals surface area contributed by atoms with Crippen LogP contribution in [-0.4, -0.2) is 4.92 Å². The van der Waals surface area contributed by atoms with Crippen molar-refractivity contribution in [2.24, 2.45) is 0 Å². The number of nitrogens with zero attached hydrogens (tertiary/aromatic N) is 2. The van der Waals surface area contributed by atoms with Crippen molar-refractivity contribution >= 4 is 5.69 Å². The van der Waals surface area contributed by atoms with Gasteiger partial charge in [-0.15, -0.1) is 0 Å². The van der Waals surface area contributed by atoms with Crippen LogP contribution >= 0.6 is 0 Å². The second-order valence-electron chi connectivity index (χ2n) is 2.70. The zero-order valence-corrected chi connectivity index (χ0v) is 7.10. The fourth-order valence-electron chi connectivity index (χ4n) is 0.982. The standard InChI is InChI=1S/C9H8N2O2/c1-7(6-10)8-3-2-4-9(5-8)11(12)13/h2-5,7H,1H3/t7-/m1/s1. The average Bonchev–Trinajstić information content (AvgIpc) is 2.17. The van der Waals surface area contributed by atoms with Crippen molar-refractivity contribution in [3.05, 3.63) is 39.9 Å². The number of benzene rings is 1. The van der Waals surface area contributed by atoms with Gasteiger partial charge in [0.2, 0.25) is 0 Å². The van der Waals surface area contributed by atoms with Gasteiger partial charge in [0.15, 0.2) is 0 Å². The molecule has 1 rings (SSSR count). The molecule has 0 amide bonds. The molecule has 4 heteroatoms. The van der Waals surface area contributed by atoms with Crippen LogP contribution < -0.4 is 0 Å². The van der Waals surface area contributed by atoms with E-state index >= 15 is 0 Å². The lowest BCUT2D eigenvalue weighted by molar-refractivity contribution is -0.384. The molecule has 13 heavy (non-hydrogen) atoms. The molecule has 1 aromatic carbocycles. The average molecular weight is 176 g/mol. The highest BCUT2D eigenvalue weighted by Crippen LogP contribution is 2.19. The molecular formula is C9H8N2O2. The van der Waals surface area contributed by atoms with Crippen molar-refractivity contribution in [3.8, 4) is 6.07 Å². The quantitative estimate of drug-likeness (QED) is 0.512. The minimum Gasteiger partial charge on any atom is -0.258 e. The summed E-state index contributed by atoms with van der Waals surface area (Å²) in [6, 6.07) is 8.15. The minimum atomic E-state index is -0.465. The number of rotatable bonds is 2. The Morgan fingerprint density at radius 3 is 2.85 bits per heavy atom. The van der Waals surface area contributed by atoms with Gasteiger partial charge in [0, 0.05) is 12.1 Å². The first kappa shape index (κ1) is 9.20. The van der Waals surface area contributed by atoms with Crippen molar-refractivity contribution < 1.29 is 4.92 Å². The first-order chi connectivity index (χ1) is 6.15. The van der Waals surface area contributed by atoms with E-state index in [4.69, 9.17) is 5.26 Å². The van der Waals surface area contributed by atoms with E-state index in [2.05, 4.69) is 0 Å². The highest BCUT2D eigenvalue weighted by atomic mass is 16.6. The van der Waals surface area contributed by atoms with Crippen molar-refractivity contribution in [1.29, 1.82) is 5.26 Å². The number of nitriles is 1. The maximum Gasteiger partial charge on any atom is 0.269 e. The van der Waals surface area contributed by atoms with Gasteiger partial charge >= 0.3 is 0 Å². The zero-order valence-electron chi connectivity index (χ0n) is 7.10. The molecule has 0 aromatic heterocycles. The van der Waals surface area contributed by atoms with Gasteiger partial charge in [-0.05, 0) is 12.5 Å². The van der Waals surface area contributed by atoms with Crippen molar-refractivity contribution in [2.45, 2.75) is 12.8 Å². The van der Waals surface area contributed by atoms with E-state index in [0.717, 1.165) is 0 Å². The molecule has 1 atom stereocenters. The summed E-state index contributed by atoms with van der Waals surface area (Å²) in [5.74, 6) is -0.306. The van der Waals surface area contributed by atoms with Crippen molar-refractivity contribution in [1.82, 2.24) is 0 Å². The van der Waals surface area contributed by atoms with Crippen LogP contribution in [0.2, 0.25) is 0 Å². The summed E-state index contributed by atoms with van der Waals surface area (Å²) < 4.78 is 0. The number of hydrogen-bond acceptors (Lipinski definition) is 3. The normalized spacial score (nSPS) is 11.7. The minimum absolute atomic E-state index is 0.0274. The highest BCUT2D eigenvalue weighted by molar-refractivity contribution is 5.37. The second kappa shape index (κ2) is 3.68. The summed E-state index contributed by atoms with van der Waals surface area (Å²) in [6.07, 6.45) is 0. The Kier molecular flexibility index (Phi) is 2.60. The fourth-order valence-corrected chi connectivity index (χ4v) is 0.982. The smallest absolute Gasteiger partial charge is 0.258 e. The fraction of sp³-hybridized carbons (Fsp3) is 0.222. The van der Waals surface area contributed by atoms with E-state index < -0.39 is 4.92 Å². The Morgan fingerprint density at radius 1 is 1.62 bits per heavy atom. The van der Waals surface area contributed by atoms with Gasteiger partial charge in [0.05, 0.1) is 16.9 Å². The van der Waals surface area contributed by atoms with Gasteiger partial charge in [0.1, 0.15) is 0 Å². The van der Waals surface area contributed by atoms with E-state index in [9.17, 15) is 10.1 Å². The maximum atomic E-state index is 10.4. The highest BCUT2D eigenvalue weighted by Gasteiger charge is 2.09. The maximum absolute atomic E-state index is 10.4. The summed E-state index contributed by atoms with van der Waals surface area (Å²) in [6.45, 7) is 1.71. The number of non-ortho nitro benzene ring substituents is 1. The monoisotopic (exact) mass is 176 g/mol. The summed E-state index contributed by atoms with van der Waals surface area (Å²) in [4.78, 5) is 9.92. The summed E-state index contributed by atoms with van der Waals surface area (Å²) in [7, 11) is 0. The van der Waals surface area contributed by atoms with E-state index in [-0.39, 0.29) is 11.6 Å². The molecule has 0 fully saturated rings. The third-order valence-corrected chi connectivity index (χ3v) is 1.77. The molecule has 0 saturated heterocycles. The first-order valence-corrected chi connectivity index (χ1v) is 3.79. The van der Waals surface area contributed by atoms with Crippen LogP contribution in [0.1, 0.15) is 18.4 Å². The molecule has 0 spiro atoms. The lowest BCUT2D eigenvalue weighted by atomic mass is 10.0. The molecule has 0 aliphatic rings. The van der Waals surface area contributed by atoms with E-state index in [1.807, 2.05) is 6.07 Å². The molecule has 4 nitrogen and oxygen atoms in total. The Labute approximate surface area is 75.6 Å². The van der Waals surface area contributed by atoms with Gasteiger partial charge in [-0.2, -0.15) is 5.26 Å². The number of hydrogen-bond donors (Lipinski definition) is 0. The van der Waals surface area contributed by atoms with Gasteiger partial charge in [-0.25, -0.2) is 0 Å². The molecule has 1 aromatic rings. The van der Waals surface area contributed by atoms with Crippen LogP contribution in [0.4, 0.5) is 5.69 Å². The molecule has 0 saturated carbocycles. The summed E-state index contributed by atoms with van der Waals surface area (Å²) in [5, 5.41) is 19.0. The van der Waals surface area contributed by atoms with Crippen LogP contribution in [0.25, 0.3) is 0 Å². The second-order valence-corrected chi connectivity index (χ2v) is 2.70. The largest absolute Gasteiger partial charge is 0.269 e. The van der Waals surface area contributed by atoms with E-state index in [1.165, 1.54) is 12.1 Å². The molecule has 0 bridgehead atoms. The van der Waals surface area contributed by atoms with E-state index in [0.29, 0.717) is 5.56 Å². The molecule has 0 radical (unpaired) electrons. The molecular weight excluding hydrogens is 168 g/mol. The van der Waals surface area contributed by atoms with Crippen LogP contribution in [0.15, 0.2) is 24.3 Å². The van der Waals surface area contributed by atoms with E-state index in [1.54, 1.807) is 19.1 Å². The third-order valence-electron chi connectivity index (χ3n) is 1.77. The van der Waals surface area contributed by atoms with Gasteiger partial charge in [0.25, 0.3) is 5.69 Å². The molecule has 0 aliphatic carbocycles. The zero-order chi connectivity index (χ0) is 9.84.